The lowest BCUT2D eigenvalue weighted by molar-refractivity contribution is -0.142. The zero-order valence-corrected chi connectivity index (χ0v) is 19.1. The van der Waals surface area contributed by atoms with Crippen molar-refractivity contribution in [3.8, 4) is 5.75 Å². The quantitative estimate of drug-likeness (QED) is 0.336. The lowest BCUT2D eigenvalue weighted by atomic mass is 10.0. The molecule has 5 nitrogen and oxygen atoms in total. The fraction of sp³-hybridized carbons (Fsp3) is 0.133. The molecule has 2 unspecified atom stereocenters. The Balaban J connectivity index is 1.36. The molecule has 0 spiro atoms. The van der Waals surface area contributed by atoms with Crippen LogP contribution in [-0.4, -0.2) is 22.8 Å². The average Bonchev–Trinajstić information content (AvgIpc) is 3.25. The van der Waals surface area contributed by atoms with Crippen molar-refractivity contribution in [3.63, 3.8) is 0 Å². The number of benzene rings is 4. The van der Waals surface area contributed by atoms with Crippen molar-refractivity contribution in [2.75, 3.05) is 0 Å². The van der Waals surface area contributed by atoms with Crippen molar-refractivity contribution < 1.29 is 19.1 Å². The lowest BCUT2D eigenvalue weighted by Crippen LogP contribution is -2.40. The molecule has 0 radical (unpaired) electrons. The van der Waals surface area contributed by atoms with Gasteiger partial charge in [0.15, 0.2) is 0 Å². The average molecular weight is 464 g/mol. The molecule has 4 aromatic carbocycles. The highest BCUT2D eigenvalue weighted by molar-refractivity contribution is 5.98. The summed E-state index contributed by atoms with van der Waals surface area (Å²) in [5.41, 5.74) is 3.28. The lowest BCUT2D eigenvalue weighted by Gasteiger charge is -2.26. The van der Waals surface area contributed by atoms with Gasteiger partial charge in [-0.2, -0.15) is 0 Å². The Morgan fingerprint density at radius 1 is 0.743 bits per heavy atom. The van der Waals surface area contributed by atoms with Crippen molar-refractivity contribution in [2.24, 2.45) is 0 Å². The SMILES string of the molecule is O=C1OC(c2ccccc2)N(C(=O)c2ccccc2)C1Cc1ccc(OCc2ccccc2)cc1. The summed E-state index contributed by atoms with van der Waals surface area (Å²) >= 11 is 0. The van der Waals surface area contributed by atoms with Gasteiger partial charge in [0.05, 0.1) is 0 Å². The van der Waals surface area contributed by atoms with Gasteiger partial charge in [-0.3, -0.25) is 9.69 Å². The molecule has 1 heterocycles. The summed E-state index contributed by atoms with van der Waals surface area (Å²) in [4.78, 5) is 28.1. The van der Waals surface area contributed by atoms with Gasteiger partial charge in [0, 0.05) is 17.5 Å². The standard InChI is InChI=1S/C30H25NO4/c32-28(24-12-6-2-7-13-24)31-27(30(33)35-29(31)25-14-8-3-9-15-25)20-22-16-18-26(19-17-22)34-21-23-10-4-1-5-11-23/h1-19,27,29H,20-21H2. The summed E-state index contributed by atoms with van der Waals surface area (Å²) in [5, 5.41) is 0. The maximum atomic E-state index is 13.5. The molecule has 174 valence electrons. The molecular formula is C30H25NO4. The molecule has 1 fully saturated rings. The van der Waals surface area contributed by atoms with Gasteiger partial charge in [-0.1, -0.05) is 91.0 Å². The van der Waals surface area contributed by atoms with Crippen molar-refractivity contribution in [1.29, 1.82) is 0 Å². The highest BCUT2D eigenvalue weighted by Crippen LogP contribution is 2.34. The maximum absolute atomic E-state index is 13.5. The van der Waals surface area contributed by atoms with E-state index in [2.05, 4.69) is 0 Å². The zero-order valence-electron chi connectivity index (χ0n) is 19.1. The molecule has 0 aliphatic carbocycles. The van der Waals surface area contributed by atoms with Crippen LogP contribution in [0.3, 0.4) is 0 Å². The molecule has 0 N–H and O–H groups in total. The van der Waals surface area contributed by atoms with Gasteiger partial charge in [0.1, 0.15) is 18.4 Å². The minimum atomic E-state index is -0.769. The fourth-order valence-corrected chi connectivity index (χ4v) is 4.21. The Kier molecular flexibility index (Phi) is 6.57. The van der Waals surface area contributed by atoms with E-state index in [1.54, 1.807) is 17.0 Å². The highest BCUT2D eigenvalue weighted by Gasteiger charge is 2.45. The fourth-order valence-electron chi connectivity index (χ4n) is 4.21. The summed E-state index contributed by atoms with van der Waals surface area (Å²) in [7, 11) is 0. The van der Waals surface area contributed by atoms with Crippen LogP contribution in [-0.2, 0) is 22.6 Å². The van der Waals surface area contributed by atoms with E-state index < -0.39 is 18.2 Å². The third-order valence-corrected chi connectivity index (χ3v) is 6.03. The van der Waals surface area contributed by atoms with E-state index in [4.69, 9.17) is 9.47 Å². The third kappa shape index (κ3) is 5.09. The smallest absolute Gasteiger partial charge is 0.331 e. The van der Waals surface area contributed by atoms with E-state index in [-0.39, 0.29) is 5.91 Å². The van der Waals surface area contributed by atoms with Crippen molar-refractivity contribution in [2.45, 2.75) is 25.3 Å². The molecule has 1 amide bonds. The van der Waals surface area contributed by atoms with Gasteiger partial charge in [0.2, 0.25) is 6.23 Å². The number of ether oxygens (including phenoxy) is 2. The van der Waals surface area contributed by atoms with Gasteiger partial charge < -0.3 is 9.47 Å². The second-order valence-corrected chi connectivity index (χ2v) is 8.42. The van der Waals surface area contributed by atoms with Crippen LogP contribution in [0.4, 0.5) is 0 Å². The monoisotopic (exact) mass is 463 g/mol. The van der Waals surface area contributed by atoms with E-state index >= 15 is 0 Å². The first-order valence-corrected chi connectivity index (χ1v) is 11.6. The van der Waals surface area contributed by atoms with Crippen LogP contribution in [0.1, 0.15) is 33.3 Å². The second kappa shape index (κ2) is 10.3. The molecule has 4 aromatic rings. The van der Waals surface area contributed by atoms with E-state index in [9.17, 15) is 9.59 Å². The Morgan fingerprint density at radius 3 is 2.00 bits per heavy atom. The van der Waals surface area contributed by atoms with Crippen LogP contribution in [0.5, 0.6) is 5.75 Å². The Labute approximate surface area is 204 Å². The number of carbonyl (C=O) groups is 2. The first-order valence-electron chi connectivity index (χ1n) is 11.6. The molecule has 1 saturated heterocycles. The van der Waals surface area contributed by atoms with E-state index in [0.29, 0.717) is 18.6 Å². The third-order valence-electron chi connectivity index (χ3n) is 6.03. The molecule has 35 heavy (non-hydrogen) atoms. The van der Waals surface area contributed by atoms with E-state index in [0.717, 1.165) is 22.4 Å². The summed E-state index contributed by atoms with van der Waals surface area (Å²) in [6, 6.07) is 35.2. The van der Waals surface area contributed by atoms with Gasteiger partial charge in [-0.05, 0) is 35.4 Å². The molecule has 2 atom stereocenters. The number of amides is 1. The maximum Gasteiger partial charge on any atom is 0.331 e. The molecule has 0 saturated carbocycles. The number of cyclic esters (lactones) is 1. The first-order chi connectivity index (χ1) is 17.2. The van der Waals surface area contributed by atoms with Crippen LogP contribution in [0, 0.1) is 0 Å². The number of hydrogen-bond donors (Lipinski definition) is 0. The Morgan fingerprint density at radius 2 is 1.34 bits per heavy atom. The van der Waals surface area contributed by atoms with Gasteiger partial charge in [-0.15, -0.1) is 0 Å². The topological polar surface area (TPSA) is 55.8 Å². The summed E-state index contributed by atoms with van der Waals surface area (Å²) in [6.07, 6.45) is -0.422. The summed E-state index contributed by atoms with van der Waals surface area (Å²) in [6.45, 7) is 0.479. The van der Waals surface area contributed by atoms with Crippen LogP contribution in [0.25, 0.3) is 0 Å². The molecule has 1 aliphatic rings. The second-order valence-electron chi connectivity index (χ2n) is 8.42. The summed E-state index contributed by atoms with van der Waals surface area (Å²) < 4.78 is 11.6. The predicted molar refractivity (Wildman–Crippen MR) is 133 cm³/mol. The number of esters is 1. The van der Waals surface area contributed by atoms with E-state index in [1.165, 1.54) is 0 Å². The van der Waals surface area contributed by atoms with Crippen molar-refractivity contribution in [3.05, 3.63) is 138 Å². The predicted octanol–water partition coefficient (Wildman–Crippen LogP) is 5.57. The molecule has 0 bridgehead atoms. The van der Waals surface area contributed by atoms with Crippen LogP contribution in [0.15, 0.2) is 115 Å². The number of rotatable bonds is 7. The largest absolute Gasteiger partial charge is 0.489 e. The van der Waals surface area contributed by atoms with E-state index in [1.807, 2.05) is 103 Å². The molecule has 5 rings (SSSR count). The zero-order chi connectivity index (χ0) is 24.0. The minimum absolute atomic E-state index is 0.238. The molecule has 0 aromatic heterocycles. The van der Waals surface area contributed by atoms with Crippen molar-refractivity contribution in [1.82, 2.24) is 4.90 Å². The Hall–Kier alpha value is -4.38. The molecule has 5 heteroatoms. The van der Waals surface area contributed by atoms with Gasteiger partial charge >= 0.3 is 5.97 Å². The normalized spacial score (nSPS) is 17.1. The van der Waals surface area contributed by atoms with Gasteiger partial charge in [0.25, 0.3) is 5.91 Å². The highest BCUT2D eigenvalue weighted by atomic mass is 16.6. The van der Waals surface area contributed by atoms with Crippen LogP contribution in [0.2, 0.25) is 0 Å². The molecule has 1 aliphatic heterocycles. The van der Waals surface area contributed by atoms with Crippen LogP contribution < -0.4 is 4.74 Å². The number of carbonyl (C=O) groups excluding carboxylic acids is 2. The van der Waals surface area contributed by atoms with Gasteiger partial charge in [-0.25, -0.2) is 4.79 Å². The van der Waals surface area contributed by atoms with Crippen LogP contribution >= 0.6 is 0 Å². The minimum Gasteiger partial charge on any atom is -0.489 e. The molecular weight excluding hydrogens is 438 g/mol. The number of nitrogens with zero attached hydrogens (tertiary/aromatic N) is 1. The Bertz CT molecular complexity index is 1270. The number of hydrogen-bond acceptors (Lipinski definition) is 4. The van der Waals surface area contributed by atoms with Crippen molar-refractivity contribution >= 4 is 11.9 Å². The summed E-state index contributed by atoms with van der Waals surface area (Å²) in [5.74, 6) is 0.0941. The first kappa shape index (κ1) is 22.4.